The van der Waals surface area contributed by atoms with Gasteiger partial charge in [-0.15, -0.1) is 11.3 Å². The van der Waals surface area contributed by atoms with Gasteiger partial charge in [-0.2, -0.15) is 0 Å². The van der Waals surface area contributed by atoms with Gasteiger partial charge >= 0.3 is 0 Å². The van der Waals surface area contributed by atoms with Crippen LogP contribution in [0.15, 0.2) is 23.8 Å². The van der Waals surface area contributed by atoms with Crippen molar-refractivity contribution in [1.82, 2.24) is 15.3 Å². The van der Waals surface area contributed by atoms with E-state index in [4.69, 9.17) is 4.74 Å². The Bertz CT molecular complexity index is 424. The first-order valence-electron chi connectivity index (χ1n) is 5.11. The number of thiophene rings is 1. The number of hydrogen-bond acceptors (Lipinski definition) is 4. The summed E-state index contributed by atoms with van der Waals surface area (Å²) in [6.45, 7) is 0. The largest absolute Gasteiger partial charge is 0.496 e. The molecular weight excluding hydrogens is 222 g/mol. The third kappa shape index (κ3) is 2.43. The summed E-state index contributed by atoms with van der Waals surface area (Å²) in [4.78, 5) is 8.61. The van der Waals surface area contributed by atoms with Crippen molar-refractivity contribution >= 4 is 11.3 Å². The molecule has 2 aromatic heterocycles. The molecule has 0 bridgehead atoms. The lowest BCUT2D eigenvalue weighted by Crippen LogP contribution is -2.18. The smallest absolute Gasteiger partial charge is 0.129 e. The summed E-state index contributed by atoms with van der Waals surface area (Å²) in [6.07, 6.45) is 4.47. The zero-order valence-corrected chi connectivity index (χ0v) is 10.2. The maximum absolute atomic E-state index is 5.18. The van der Waals surface area contributed by atoms with Crippen molar-refractivity contribution in [2.75, 3.05) is 14.2 Å². The van der Waals surface area contributed by atoms with Gasteiger partial charge in [-0.05, 0) is 13.1 Å². The Morgan fingerprint density at radius 3 is 3.06 bits per heavy atom. The van der Waals surface area contributed by atoms with E-state index >= 15 is 0 Å². The van der Waals surface area contributed by atoms with E-state index in [9.17, 15) is 0 Å². The molecule has 0 saturated carbocycles. The van der Waals surface area contributed by atoms with Gasteiger partial charge in [0, 0.05) is 35.1 Å². The van der Waals surface area contributed by atoms with E-state index in [1.807, 2.05) is 18.6 Å². The fourth-order valence-corrected chi connectivity index (χ4v) is 2.54. The van der Waals surface area contributed by atoms with Crippen LogP contribution < -0.4 is 10.1 Å². The van der Waals surface area contributed by atoms with E-state index in [2.05, 4.69) is 21.4 Å². The van der Waals surface area contributed by atoms with E-state index in [1.165, 1.54) is 4.88 Å². The third-order valence-corrected chi connectivity index (χ3v) is 3.50. The molecule has 0 aliphatic rings. The number of aromatic amines is 1. The quantitative estimate of drug-likeness (QED) is 0.836. The van der Waals surface area contributed by atoms with Crippen molar-refractivity contribution in [3.8, 4) is 5.75 Å². The molecule has 0 fully saturated rings. The molecule has 2 rings (SSSR count). The Kier molecular flexibility index (Phi) is 3.58. The Hall–Kier alpha value is -1.33. The van der Waals surface area contributed by atoms with Crippen LogP contribution in [0.3, 0.4) is 0 Å². The second-order valence-corrected chi connectivity index (χ2v) is 4.41. The molecule has 0 aliphatic heterocycles. The van der Waals surface area contributed by atoms with Gasteiger partial charge in [-0.25, -0.2) is 4.98 Å². The number of ether oxygens (including phenoxy) is 1. The molecule has 0 radical (unpaired) electrons. The van der Waals surface area contributed by atoms with Gasteiger partial charge in [0.1, 0.15) is 11.6 Å². The maximum Gasteiger partial charge on any atom is 0.129 e. The van der Waals surface area contributed by atoms with Crippen molar-refractivity contribution in [3.63, 3.8) is 0 Å². The van der Waals surface area contributed by atoms with E-state index in [0.29, 0.717) is 0 Å². The molecule has 2 heterocycles. The molecule has 1 unspecified atom stereocenters. The van der Waals surface area contributed by atoms with E-state index in [0.717, 1.165) is 18.0 Å². The minimum atomic E-state index is 0.278. The first-order chi connectivity index (χ1) is 7.83. The summed E-state index contributed by atoms with van der Waals surface area (Å²) in [7, 11) is 3.65. The molecule has 5 heteroatoms. The first kappa shape index (κ1) is 11.2. The highest BCUT2D eigenvalue weighted by Gasteiger charge is 2.14. The number of H-pyrrole nitrogens is 1. The lowest BCUT2D eigenvalue weighted by atomic mass is 10.1. The van der Waals surface area contributed by atoms with Gasteiger partial charge in [0.15, 0.2) is 0 Å². The Morgan fingerprint density at radius 2 is 2.50 bits per heavy atom. The summed E-state index contributed by atoms with van der Waals surface area (Å²) >= 11 is 1.70. The van der Waals surface area contributed by atoms with Crippen LogP contribution in [0, 0.1) is 0 Å². The Balaban J connectivity index is 2.10. The predicted molar refractivity (Wildman–Crippen MR) is 65.0 cm³/mol. The van der Waals surface area contributed by atoms with Crippen LogP contribution in [0.2, 0.25) is 0 Å². The highest BCUT2D eigenvalue weighted by atomic mass is 32.1. The van der Waals surface area contributed by atoms with Crippen LogP contribution in [-0.2, 0) is 6.42 Å². The maximum atomic E-state index is 5.18. The molecule has 4 nitrogen and oxygen atoms in total. The monoisotopic (exact) mass is 237 g/mol. The van der Waals surface area contributed by atoms with Crippen molar-refractivity contribution in [1.29, 1.82) is 0 Å². The van der Waals surface area contributed by atoms with E-state index in [-0.39, 0.29) is 6.04 Å². The summed E-state index contributed by atoms with van der Waals surface area (Å²) in [5.74, 6) is 1.91. The fourth-order valence-electron chi connectivity index (χ4n) is 1.57. The zero-order chi connectivity index (χ0) is 11.4. The molecule has 1 atom stereocenters. The number of methoxy groups -OCH3 is 1. The molecule has 2 aromatic rings. The van der Waals surface area contributed by atoms with Crippen LogP contribution in [-0.4, -0.2) is 24.1 Å². The number of nitrogens with zero attached hydrogens (tertiary/aromatic N) is 1. The molecule has 0 saturated heterocycles. The average Bonchev–Trinajstić information content (AvgIpc) is 2.96. The number of rotatable bonds is 5. The van der Waals surface area contributed by atoms with Gasteiger partial charge in [-0.3, -0.25) is 0 Å². The van der Waals surface area contributed by atoms with Crippen molar-refractivity contribution in [2.45, 2.75) is 12.5 Å². The standard InChI is InChI=1S/C11H15N3OS/c1-12-9(6-11-13-3-4-14-11)10-5-8(15-2)7-16-10/h3-5,7,9,12H,6H2,1-2H3,(H,13,14). The van der Waals surface area contributed by atoms with Crippen LogP contribution >= 0.6 is 11.3 Å². The van der Waals surface area contributed by atoms with Crippen molar-refractivity contribution in [2.24, 2.45) is 0 Å². The Morgan fingerprint density at radius 1 is 1.62 bits per heavy atom. The number of hydrogen-bond donors (Lipinski definition) is 2. The second-order valence-electron chi connectivity index (χ2n) is 3.47. The van der Waals surface area contributed by atoms with Gasteiger partial charge in [0.05, 0.1) is 7.11 Å². The molecule has 2 N–H and O–H groups in total. The first-order valence-corrected chi connectivity index (χ1v) is 5.99. The van der Waals surface area contributed by atoms with Crippen molar-refractivity contribution in [3.05, 3.63) is 34.5 Å². The molecule has 16 heavy (non-hydrogen) atoms. The minimum Gasteiger partial charge on any atom is -0.496 e. The summed E-state index contributed by atoms with van der Waals surface area (Å²) < 4.78 is 5.18. The second kappa shape index (κ2) is 5.14. The van der Waals surface area contributed by atoms with Crippen LogP contribution in [0.1, 0.15) is 16.7 Å². The normalized spacial score (nSPS) is 12.6. The molecule has 86 valence electrons. The number of imidazole rings is 1. The molecular formula is C11H15N3OS. The molecule has 0 spiro atoms. The minimum absolute atomic E-state index is 0.278. The number of nitrogens with one attached hydrogen (secondary N) is 2. The fraction of sp³-hybridized carbons (Fsp3) is 0.364. The predicted octanol–water partition coefficient (Wildman–Crippen LogP) is 1.98. The third-order valence-electron chi connectivity index (χ3n) is 2.48. The van der Waals surface area contributed by atoms with Crippen LogP contribution in [0.4, 0.5) is 0 Å². The summed E-state index contributed by atoms with van der Waals surface area (Å²) in [5, 5.41) is 5.30. The number of likely N-dealkylation sites (N-methyl/N-ethyl adjacent to an activating group) is 1. The molecule has 0 amide bonds. The van der Waals surface area contributed by atoms with Crippen LogP contribution in [0.5, 0.6) is 5.75 Å². The van der Waals surface area contributed by atoms with Gasteiger partial charge < -0.3 is 15.0 Å². The van der Waals surface area contributed by atoms with Gasteiger partial charge in [0.25, 0.3) is 0 Å². The van der Waals surface area contributed by atoms with Gasteiger partial charge in [-0.1, -0.05) is 0 Å². The highest BCUT2D eigenvalue weighted by molar-refractivity contribution is 7.10. The SMILES string of the molecule is CNC(Cc1ncc[nH]1)c1cc(OC)cs1. The number of aromatic nitrogens is 2. The molecule has 0 aromatic carbocycles. The zero-order valence-electron chi connectivity index (χ0n) is 9.36. The van der Waals surface area contributed by atoms with Crippen molar-refractivity contribution < 1.29 is 4.74 Å². The lowest BCUT2D eigenvalue weighted by Gasteiger charge is -2.12. The van der Waals surface area contributed by atoms with E-state index < -0.39 is 0 Å². The van der Waals surface area contributed by atoms with E-state index in [1.54, 1.807) is 24.6 Å². The molecule has 0 aliphatic carbocycles. The average molecular weight is 237 g/mol. The van der Waals surface area contributed by atoms with Gasteiger partial charge in [0.2, 0.25) is 0 Å². The summed E-state index contributed by atoms with van der Waals surface area (Å²) in [5.41, 5.74) is 0. The summed E-state index contributed by atoms with van der Waals surface area (Å²) in [6, 6.07) is 2.34. The lowest BCUT2D eigenvalue weighted by molar-refractivity contribution is 0.416. The van der Waals surface area contributed by atoms with Crippen LogP contribution in [0.25, 0.3) is 0 Å². The topological polar surface area (TPSA) is 49.9 Å². The Labute approximate surface area is 98.7 Å². The highest BCUT2D eigenvalue weighted by Crippen LogP contribution is 2.28.